The SMILES string of the molecule is Cc1cc(S(=O)(=O)NCCCn2ccnn2)cc(N)c1C. The number of hydrogen-bond donors (Lipinski definition) is 2. The Labute approximate surface area is 124 Å². The van der Waals surface area contributed by atoms with Crippen LogP contribution in [0.5, 0.6) is 0 Å². The van der Waals surface area contributed by atoms with E-state index in [2.05, 4.69) is 15.0 Å². The number of nitrogens with two attached hydrogens (primary N) is 1. The van der Waals surface area contributed by atoms with Crippen molar-refractivity contribution < 1.29 is 8.42 Å². The van der Waals surface area contributed by atoms with Gasteiger partial charge in [0.1, 0.15) is 0 Å². The standard InChI is InChI=1S/C13H19N5O2S/c1-10-8-12(9-13(14)11(10)2)21(19,20)16-4-3-6-18-7-5-15-17-18/h5,7-9,16H,3-4,6,14H2,1-2H3. The van der Waals surface area contributed by atoms with E-state index < -0.39 is 10.0 Å². The van der Waals surface area contributed by atoms with E-state index in [-0.39, 0.29) is 4.90 Å². The normalized spacial score (nSPS) is 11.7. The molecule has 7 nitrogen and oxygen atoms in total. The molecule has 1 aromatic heterocycles. The Kier molecular flexibility index (Phi) is 4.59. The summed E-state index contributed by atoms with van der Waals surface area (Å²) in [5, 5.41) is 7.50. The summed E-state index contributed by atoms with van der Waals surface area (Å²) in [5.41, 5.74) is 8.07. The zero-order chi connectivity index (χ0) is 15.5. The van der Waals surface area contributed by atoms with Crippen LogP contribution in [0.2, 0.25) is 0 Å². The second kappa shape index (κ2) is 6.23. The van der Waals surface area contributed by atoms with Gasteiger partial charge in [0.05, 0.1) is 11.1 Å². The summed E-state index contributed by atoms with van der Waals surface area (Å²) in [4.78, 5) is 0.198. The lowest BCUT2D eigenvalue weighted by molar-refractivity contribution is 0.542. The van der Waals surface area contributed by atoms with Crippen LogP contribution in [0.4, 0.5) is 5.69 Å². The van der Waals surface area contributed by atoms with Gasteiger partial charge >= 0.3 is 0 Å². The first-order valence-corrected chi connectivity index (χ1v) is 8.09. The number of nitrogens with zero attached hydrogens (tertiary/aromatic N) is 3. The van der Waals surface area contributed by atoms with Crippen molar-refractivity contribution in [3.63, 3.8) is 0 Å². The minimum absolute atomic E-state index is 0.198. The van der Waals surface area contributed by atoms with E-state index in [1.165, 1.54) is 6.07 Å². The highest BCUT2D eigenvalue weighted by Crippen LogP contribution is 2.21. The smallest absolute Gasteiger partial charge is 0.240 e. The van der Waals surface area contributed by atoms with Gasteiger partial charge in [-0.2, -0.15) is 0 Å². The number of benzene rings is 1. The Morgan fingerprint density at radius 1 is 1.33 bits per heavy atom. The van der Waals surface area contributed by atoms with Crippen LogP contribution in [-0.2, 0) is 16.6 Å². The first-order valence-electron chi connectivity index (χ1n) is 6.60. The van der Waals surface area contributed by atoms with Crippen molar-refractivity contribution in [3.8, 4) is 0 Å². The number of sulfonamides is 1. The van der Waals surface area contributed by atoms with Crippen molar-refractivity contribution in [3.05, 3.63) is 35.7 Å². The maximum Gasteiger partial charge on any atom is 0.240 e. The molecule has 0 saturated heterocycles. The maximum absolute atomic E-state index is 12.2. The van der Waals surface area contributed by atoms with Gasteiger partial charge in [-0.25, -0.2) is 13.1 Å². The van der Waals surface area contributed by atoms with Gasteiger partial charge < -0.3 is 5.73 Å². The molecular formula is C13H19N5O2S. The second-order valence-corrected chi connectivity index (χ2v) is 6.64. The first kappa shape index (κ1) is 15.5. The molecule has 0 atom stereocenters. The van der Waals surface area contributed by atoms with Gasteiger partial charge in [-0.1, -0.05) is 5.21 Å². The Balaban J connectivity index is 1.98. The summed E-state index contributed by atoms with van der Waals surface area (Å²) in [6.45, 7) is 4.65. The van der Waals surface area contributed by atoms with Gasteiger partial charge in [0, 0.05) is 25.0 Å². The third-order valence-corrected chi connectivity index (χ3v) is 4.76. The molecule has 0 fully saturated rings. The van der Waals surface area contributed by atoms with Crippen molar-refractivity contribution >= 4 is 15.7 Å². The van der Waals surface area contributed by atoms with E-state index in [4.69, 9.17) is 5.73 Å². The quantitative estimate of drug-likeness (QED) is 0.608. The molecule has 3 N–H and O–H groups in total. The van der Waals surface area contributed by atoms with E-state index >= 15 is 0 Å². The molecule has 0 unspecified atom stereocenters. The van der Waals surface area contributed by atoms with Crippen LogP contribution in [0, 0.1) is 13.8 Å². The second-order valence-electron chi connectivity index (χ2n) is 4.87. The Hall–Kier alpha value is -1.93. The molecule has 2 rings (SSSR count). The summed E-state index contributed by atoms with van der Waals surface area (Å²) < 4.78 is 28.6. The minimum Gasteiger partial charge on any atom is -0.398 e. The minimum atomic E-state index is -3.54. The van der Waals surface area contributed by atoms with Crippen LogP contribution in [0.3, 0.4) is 0 Å². The van der Waals surface area contributed by atoms with Crippen molar-refractivity contribution in [2.75, 3.05) is 12.3 Å². The molecule has 21 heavy (non-hydrogen) atoms. The third kappa shape index (κ3) is 3.79. The van der Waals surface area contributed by atoms with Crippen LogP contribution >= 0.6 is 0 Å². The average Bonchev–Trinajstić information content (AvgIpc) is 2.93. The molecule has 8 heteroatoms. The summed E-state index contributed by atoms with van der Waals surface area (Å²) in [6.07, 6.45) is 3.95. The zero-order valence-corrected chi connectivity index (χ0v) is 12.9. The fraction of sp³-hybridized carbons (Fsp3) is 0.385. The summed E-state index contributed by atoms with van der Waals surface area (Å²) in [7, 11) is -3.54. The Morgan fingerprint density at radius 3 is 2.71 bits per heavy atom. The van der Waals surface area contributed by atoms with Crippen LogP contribution in [0.15, 0.2) is 29.4 Å². The molecular weight excluding hydrogens is 290 g/mol. The first-order chi connectivity index (χ1) is 9.90. The molecule has 1 heterocycles. The Bertz CT molecular complexity index is 687. The lowest BCUT2D eigenvalue weighted by Crippen LogP contribution is -2.26. The third-order valence-electron chi connectivity index (χ3n) is 3.32. The van der Waals surface area contributed by atoms with Crippen molar-refractivity contribution in [2.45, 2.75) is 31.7 Å². The maximum atomic E-state index is 12.2. The molecule has 0 radical (unpaired) electrons. The van der Waals surface area contributed by atoms with Crippen LogP contribution in [-0.4, -0.2) is 30.0 Å². The molecule has 1 aromatic carbocycles. The van der Waals surface area contributed by atoms with Gasteiger partial charge in [0.15, 0.2) is 0 Å². The molecule has 0 amide bonds. The van der Waals surface area contributed by atoms with Crippen molar-refractivity contribution in [1.82, 2.24) is 19.7 Å². The monoisotopic (exact) mass is 309 g/mol. The molecule has 0 aliphatic rings. The number of rotatable bonds is 6. The van der Waals surface area contributed by atoms with E-state index in [9.17, 15) is 8.42 Å². The van der Waals surface area contributed by atoms with Gasteiger partial charge in [0.2, 0.25) is 10.0 Å². The number of nitrogen functional groups attached to an aromatic ring is 1. The van der Waals surface area contributed by atoms with Gasteiger partial charge in [-0.15, -0.1) is 5.10 Å². The summed E-state index contributed by atoms with van der Waals surface area (Å²) in [6, 6.07) is 3.12. The van der Waals surface area contributed by atoms with Gasteiger partial charge in [-0.05, 0) is 43.5 Å². The molecule has 0 aliphatic carbocycles. The molecule has 0 aliphatic heterocycles. The molecule has 2 aromatic rings. The fourth-order valence-electron chi connectivity index (χ4n) is 1.89. The van der Waals surface area contributed by atoms with E-state index in [1.54, 1.807) is 23.1 Å². The predicted molar refractivity (Wildman–Crippen MR) is 80.2 cm³/mol. The summed E-state index contributed by atoms with van der Waals surface area (Å²) >= 11 is 0. The van der Waals surface area contributed by atoms with Crippen molar-refractivity contribution in [1.29, 1.82) is 0 Å². The fourth-order valence-corrected chi connectivity index (χ4v) is 3.08. The highest BCUT2D eigenvalue weighted by atomic mass is 32.2. The molecule has 0 bridgehead atoms. The van der Waals surface area contributed by atoms with Gasteiger partial charge in [-0.3, -0.25) is 4.68 Å². The highest BCUT2D eigenvalue weighted by molar-refractivity contribution is 7.89. The van der Waals surface area contributed by atoms with Crippen LogP contribution in [0.1, 0.15) is 17.5 Å². The van der Waals surface area contributed by atoms with E-state index in [1.807, 2.05) is 13.8 Å². The lowest BCUT2D eigenvalue weighted by Gasteiger charge is -2.10. The number of aryl methyl sites for hydroxylation is 2. The predicted octanol–water partition coefficient (Wildman–Crippen LogP) is 0.846. The van der Waals surface area contributed by atoms with Crippen LogP contribution < -0.4 is 10.5 Å². The van der Waals surface area contributed by atoms with Crippen LogP contribution in [0.25, 0.3) is 0 Å². The molecule has 0 saturated carbocycles. The number of hydrogen-bond acceptors (Lipinski definition) is 5. The summed E-state index contributed by atoms with van der Waals surface area (Å²) in [5.74, 6) is 0. The van der Waals surface area contributed by atoms with E-state index in [0.29, 0.717) is 25.2 Å². The van der Waals surface area contributed by atoms with Gasteiger partial charge in [0.25, 0.3) is 0 Å². The number of anilines is 1. The molecule has 0 spiro atoms. The lowest BCUT2D eigenvalue weighted by atomic mass is 10.1. The Morgan fingerprint density at radius 2 is 2.10 bits per heavy atom. The highest BCUT2D eigenvalue weighted by Gasteiger charge is 2.15. The van der Waals surface area contributed by atoms with E-state index in [0.717, 1.165) is 11.1 Å². The largest absolute Gasteiger partial charge is 0.398 e. The van der Waals surface area contributed by atoms with Crippen molar-refractivity contribution in [2.24, 2.45) is 0 Å². The molecule has 114 valence electrons. The average molecular weight is 309 g/mol. The number of nitrogens with one attached hydrogen (secondary N) is 1. The zero-order valence-electron chi connectivity index (χ0n) is 12.1. The topological polar surface area (TPSA) is 103 Å². The number of aromatic nitrogens is 3.